The lowest BCUT2D eigenvalue weighted by Crippen LogP contribution is -2.45. The second-order valence-corrected chi connectivity index (χ2v) is 7.41. The number of aromatic nitrogens is 3. The maximum Gasteiger partial charge on any atom is 0.132 e. The Hall–Kier alpha value is -3.26. The normalized spacial score (nSPS) is 19.3. The highest BCUT2D eigenvalue weighted by atomic mass is 16.5. The number of ether oxygens (including phenoxy) is 1. The van der Waals surface area contributed by atoms with E-state index in [0.29, 0.717) is 16.9 Å². The molecule has 1 aliphatic heterocycles. The summed E-state index contributed by atoms with van der Waals surface area (Å²) < 4.78 is 10.8. The van der Waals surface area contributed by atoms with E-state index < -0.39 is 0 Å². The largest absolute Gasteiger partial charge is 0.398 e. The van der Waals surface area contributed by atoms with Crippen LogP contribution in [-0.4, -0.2) is 46.1 Å². The molecule has 8 nitrogen and oxygen atoms in total. The minimum absolute atomic E-state index is 0. The average molecular weight is 394 g/mol. The molecule has 3 N–H and O–H groups in total. The molecule has 0 radical (unpaired) electrons. The van der Waals surface area contributed by atoms with Crippen LogP contribution in [0, 0.1) is 12.3 Å². The molecule has 3 aromatic rings. The molecule has 8 heteroatoms. The molecule has 2 aromatic heterocycles. The smallest absolute Gasteiger partial charge is 0.132 e. The number of nitrogens with two attached hydrogens (primary N) is 1. The molecule has 0 saturated carbocycles. The highest BCUT2D eigenvalue weighted by molar-refractivity contribution is 6.13. The summed E-state index contributed by atoms with van der Waals surface area (Å²) in [6.07, 6.45) is 3.33. The predicted octanol–water partition coefficient (Wildman–Crippen LogP) is 3.30. The Kier molecular flexibility index (Phi) is 5.02. The second-order valence-electron chi connectivity index (χ2n) is 7.41. The zero-order chi connectivity index (χ0) is 20.5. The third kappa shape index (κ3) is 3.84. The quantitative estimate of drug-likeness (QED) is 0.515. The van der Waals surface area contributed by atoms with Crippen LogP contribution in [0.5, 0.6) is 0 Å². The molecular weight excluding hydrogens is 368 g/mol. The molecule has 1 saturated heterocycles. The lowest BCUT2D eigenvalue weighted by atomic mass is 9.98. The standard InChI is InChI=1S/C21H24N6O2.H2/c1-12-8-27(9-13(2)29-12)20-7-19(24-11-25-20)21(23)16-6-15(4-5-18(16)22)17-10-28-26-14(17)3;/h4-7,10-13,23H,8-9,22H2,1-3H3;1H/t12-,13+;. The fourth-order valence-corrected chi connectivity index (χ4v) is 3.67. The monoisotopic (exact) mass is 394 g/mol. The number of aryl methyl sites for hydroxylation is 1. The highest BCUT2D eigenvalue weighted by Gasteiger charge is 2.24. The van der Waals surface area contributed by atoms with Crippen LogP contribution in [0.4, 0.5) is 11.5 Å². The Morgan fingerprint density at radius 2 is 1.97 bits per heavy atom. The van der Waals surface area contributed by atoms with Gasteiger partial charge in [0.1, 0.15) is 18.4 Å². The van der Waals surface area contributed by atoms with Gasteiger partial charge < -0.3 is 19.9 Å². The van der Waals surface area contributed by atoms with Crippen LogP contribution in [-0.2, 0) is 4.74 Å². The molecule has 29 heavy (non-hydrogen) atoms. The first kappa shape index (κ1) is 19.1. The molecule has 3 heterocycles. The van der Waals surface area contributed by atoms with Gasteiger partial charge in [-0.3, -0.25) is 5.41 Å². The summed E-state index contributed by atoms with van der Waals surface area (Å²) in [6.45, 7) is 7.47. The summed E-state index contributed by atoms with van der Waals surface area (Å²) in [5, 5.41) is 12.7. The minimum atomic E-state index is 0. The lowest BCUT2D eigenvalue weighted by molar-refractivity contribution is -0.00546. The van der Waals surface area contributed by atoms with Gasteiger partial charge in [-0.15, -0.1) is 0 Å². The van der Waals surface area contributed by atoms with Crippen molar-refractivity contribution >= 4 is 17.2 Å². The third-order valence-electron chi connectivity index (χ3n) is 5.04. The number of hydrogen-bond acceptors (Lipinski definition) is 8. The first-order valence-corrected chi connectivity index (χ1v) is 9.55. The van der Waals surface area contributed by atoms with Crippen molar-refractivity contribution in [2.24, 2.45) is 0 Å². The summed E-state index contributed by atoms with van der Waals surface area (Å²) in [4.78, 5) is 10.9. The van der Waals surface area contributed by atoms with E-state index in [1.807, 2.05) is 39.0 Å². The number of nitrogen functional groups attached to an aromatic ring is 1. The molecule has 1 aromatic carbocycles. The van der Waals surface area contributed by atoms with Gasteiger partial charge in [0, 0.05) is 37.4 Å². The van der Waals surface area contributed by atoms with Crippen LogP contribution in [0.3, 0.4) is 0 Å². The number of hydrogen-bond donors (Lipinski definition) is 2. The Morgan fingerprint density at radius 1 is 1.21 bits per heavy atom. The number of anilines is 2. The van der Waals surface area contributed by atoms with E-state index in [4.69, 9.17) is 20.4 Å². The lowest BCUT2D eigenvalue weighted by Gasteiger charge is -2.36. The fraction of sp³-hybridized carbons (Fsp3) is 0.333. The van der Waals surface area contributed by atoms with Crippen LogP contribution in [0.2, 0.25) is 0 Å². The van der Waals surface area contributed by atoms with Gasteiger partial charge in [0.2, 0.25) is 0 Å². The first-order chi connectivity index (χ1) is 13.9. The van der Waals surface area contributed by atoms with E-state index in [-0.39, 0.29) is 19.3 Å². The van der Waals surface area contributed by atoms with Crippen LogP contribution < -0.4 is 10.6 Å². The van der Waals surface area contributed by atoms with Gasteiger partial charge in [-0.05, 0) is 38.5 Å². The number of nitrogens with zero attached hydrogens (tertiary/aromatic N) is 4. The molecule has 0 amide bonds. The van der Waals surface area contributed by atoms with Crippen molar-refractivity contribution in [2.45, 2.75) is 33.0 Å². The van der Waals surface area contributed by atoms with Crippen LogP contribution in [0.25, 0.3) is 11.1 Å². The van der Waals surface area contributed by atoms with E-state index in [0.717, 1.165) is 35.7 Å². The zero-order valence-corrected chi connectivity index (χ0v) is 16.7. The summed E-state index contributed by atoms with van der Waals surface area (Å²) in [7, 11) is 0. The van der Waals surface area contributed by atoms with Gasteiger partial charge in [0.15, 0.2) is 0 Å². The number of benzene rings is 1. The number of nitrogens with one attached hydrogen (secondary N) is 1. The predicted molar refractivity (Wildman–Crippen MR) is 113 cm³/mol. The molecule has 1 fully saturated rings. The average Bonchev–Trinajstić information content (AvgIpc) is 3.13. The zero-order valence-electron chi connectivity index (χ0n) is 16.7. The van der Waals surface area contributed by atoms with Crippen molar-refractivity contribution in [1.29, 1.82) is 5.41 Å². The van der Waals surface area contributed by atoms with Crippen molar-refractivity contribution in [3.8, 4) is 11.1 Å². The molecule has 4 rings (SSSR count). The number of morpholine rings is 1. The highest BCUT2D eigenvalue weighted by Crippen LogP contribution is 2.28. The van der Waals surface area contributed by atoms with E-state index in [1.54, 1.807) is 12.3 Å². The van der Waals surface area contributed by atoms with Crippen molar-refractivity contribution in [3.05, 3.63) is 53.8 Å². The van der Waals surface area contributed by atoms with E-state index in [1.165, 1.54) is 6.33 Å². The Bertz CT molecular complexity index is 1040. The molecule has 0 spiro atoms. The van der Waals surface area contributed by atoms with Gasteiger partial charge in [-0.25, -0.2) is 9.97 Å². The van der Waals surface area contributed by atoms with Crippen LogP contribution in [0.15, 0.2) is 41.4 Å². The summed E-state index contributed by atoms with van der Waals surface area (Å²) in [5.74, 6) is 0.784. The Balaban J connectivity index is 0.00000256. The van der Waals surface area contributed by atoms with Crippen molar-refractivity contribution < 1.29 is 10.7 Å². The Labute approximate surface area is 170 Å². The van der Waals surface area contributed by atoms with Crippen LogP contribution >= 0.6 is 0 Å². The van der Waals surface area contributed by atoms with Gasteiger partial charge in [0.05, 0.1) is 29.3 Å². The van der Waals surface area contributed by atoms with Crippen molar-refractivity contribution in [2.75, 3.05) is 23.7 Å². The Morgan fingerprint density at radius 3 is 2.66 bits per heavy atom. The molecule has 2 atom stereocenters. The minimum Gasteiger partial charge on any atom is -0.398 e. The third-order valence-corrected chi connectivity index (χ3v) is 5.04. The molecule has 152 valence electrons. The molecule has 1 aliphatic rings. The van der Waals surface area contributed by atoms with Crippen molar-refractivity contribution in [1.82, 2.24) is 15.1 Å². The van der Waals surface area contributed by atoms with E-state index in [2.05, 4.69) is 20.0 Å². The summed E-state index contributed by atoms with van der Waals surface area (Å²) >= 11 is 0. The van der Waals surface area contributed by atoms with Crippen LogP contribution in [0.1, 0.15) is 32.2 Å². The van der Waals surface area contributed by atoms with Gasteiger partial charge in [0.25, 0.3) is 0 Å². The second kappa shape index (κ2) is 7.63. The maximum atomic E-state index is 8.72. The summed E-state index contributed by atoms with van der Waals surface area (Å²) in [6, 6.07) is 7.40. The topological polar surface area (TPSA) is 114 Å². The van der Waals surface area contributed by atoms with E-state index in [9.17, 15) is 0 Å². The van der Waals surface area contributed by atoms with Crippen molar-refractivity contribution in [3.63, 3.8) is 0 Å². The first-order valence-electron chi connectivity index (χ1n) is 9.55. The van der Waals surface area contributed by atoms with E-state index >= 15 is 0 Å². The summed E-state index contributed by atoms with van der Waals surface area (Å²) in [5.41, 5.74) is 10.6. The van der Waals surface area contributed by atoms with Gasteiger partial charge >= 0.3 is 0 Å². The molecule has 0 aliphatic carbocycles. The van der Waals surface area contributed by atoms with Gasteiger partial charge in [-0.2, -0.15) is 0 Å². The fourth-order valence-electron chi connectivity index (χ4n) is 3.67. The SMILES string of the molecule is Cc1nocc1-c1ccc(N)c(C(=N)c2cc(N3C[C@@H](C)O[C@@H](C)C3)ncn2)c1.[HH]. The molecular formula is C21H26N6O2. The molecule has 0 unspecified atom stereocenters. The maximum absolute atomic E-state index is 8.72. The van der Waals surface area contributed by atoms with Gasteiger partial charge in [-0.1, -0.05) is 11.2 Å². The molecule has 0 bridgehead atoms. The number of rotatable bonds is 4.